The molecule has 0 bridgehead atoms. The largest absolute Gasteiger partial charge is 0.508 e. The Bertz CT molecular complexity index is 1340. The second kappa shape index (κ2) is 12.9. The van der Waals surface area contributed by atoms with Crippen molar-refractivity contribution in [1.29, 1.82) is 0 Å². The van der Waals surface area contributed by atoms with Crippen LogP contribution in [0.5, 0.6) is 11.5 Å². The predicted molar refractivity (Wildman–Crippen MR) is 143 cm³/mol. The molecule has 11 atom stereocenters. The van der Waals surface area contributed by atoms with Gasteiger partial charge in [0.25, 0.3) is 0 Å². The van der Waals surface area contributed by atoms with Crippen molar-refractivity contribution in [3.8, 4) is 11.5 Å². The first-order chi connectivity index (χ1) is 21.0. The van der Waals surface area contributed by atoms with Crippen molar-refractivity contribution in [1.82, 2.24) is 0 Å². The van der Waals surface area contributed by atoms with Gasteiger partial charge in [-0.2, -0.15) is 0 Å². The third kappa shape index (κ3) is 5.96. The van der Waals surface area contributed by atoms with E-state index in [9.17, 15) is 51.1 Å². The highest BCUT2D eigenvalue weighted by atomic mass is 16.8. The number of benzene rings is 1. The second-order valence-electron chi connectivity index (χ2n) is 10.5. The summed E-state index contributed by atoms with van der Waals surface area (Å²) in [6.45, 7) is -1.53. The minimum Gasteiger partial charge on any atom is -0.508 e. The maximum absolute atomic E-state index is 11.0. The summed E-state index contributed by atoms with van der Waals surface area (Å²) in [5.41, 5.74) is 0.433. The Morgan fingerprint density at radius 3 is 2.11 bits per heavy atom. The molecule has 2 fully saturated rings. The average Bonchev–Trinajstić information content (AvgIpc) is 3.00. The molecule has 0 amide bonds. The summed E-state index contributed by atoms with van der Waals surface area (Å²) in [4.78, 5) is 0. The summed E-state index contributed by atoms with van der Waals surface area (Å²) in [6, 6.07) is 4.18. The van der Waals surface area contributed by atoms with Gasteiger partial charge in [0.1, 0.15) is 60.4 Å². The van der Waals surface area contributed by atoms with Crippen LogP contribution in [0.4, 0.5) is 0 Å². The normalized spacial score (nSPS) is 37.3. The molecule has 0 spiro atoms. The molecule has 0 saturated carbocycles. The van der Waals surface area contributed by atoms with Crippen LogP contribution in [0.15, 0.2) is 59.3 Å². The third-order valence-corrected chi connectivity index (χ3v) is 7.61. The first-order valence-corrected chi connectivity index (χ1v) is 13.5. The molecule has 10 N–H and O–H groups in total. The van der Waals surface area contributed by atoms with Gasteiger partial charge in [-0.05, 0) is 24.3 Å². The number of aliphatic hydroxyl groups excluding tert-OH is 9. The minimum atomic E-state index is -1.88. The van der Waals surface area contributed by atoms with E-state index in [-0.39, 0.29) is 45.7 Å². The molecule has 1 aliphatic carbocycles. The van der Waals surface area contributed by atoms with Crippen LogP contribution in [0.3, 0.4) is 0 Å². The summed E-state index contributed by atoms with van der Waals surface area (Å²) >= 11 is 0. The van der Waals surface area contributed by atoms with Gasteiger partial charge in [-0.25, -0.2) is 0 Å². The van der Waals surface area contributed by atoms with Crippen molar-refractivity contribution >= 4 is 5.76 Å². The van der Waals surface area contributed by atoms with E-state index in [0.29, 0.717) is 0 Å². The zero-order valence-corrected chi connectivity index (χ0v) is 23.2. The Labute approximate surface area is 249 Å². The van der Waals surface area contributed by atoms with E-state index < -0.39 is 80.7 Å². The van der Waals surface area contributed by atoms with E-state index in [4.69, 9.17) is 28.4 Å². The summed E-state index contributed by atoms with van der Waals surface area (Å²) in [7, 11) is 1.33. The molecular formula is C28H34O16. The van der Waals surface area contributed by atoms with Crippen molar-refractivity contribution in [2.24, 2.45) is 0 Å². The Kier molecular flexibility index (Phi) is 9.38. The molecule has 3 aliphatic heterocycles. The number of phenolic OH excluding ortho intramolecular Hbond substituents is 1. The van der Waals surface area contributed by atoms with Gasteiger partial charge in [-0.15, -0.1) is 0 Å². The fraction of sp³-hybridized carbons (Fsp3) is 0.500. The molecular weight excluding hydrogens is 592 g/mol. The number of hydrogen-bond acceptors (Lipinski definition) is 16. The van der Waals surface area contributed by atoms with Crippen LogP contribution in [-0.2, 0) is 23.7 Å². The molecule has 0 aromatic heterocycles. The molecule has 242 valence electrons. The molecule has 44 heavy (non-hydrogen) atoms. The Morgan fingerprint density at radius 1 is 0.795 bits per heavy atom. The van der Waals surface area contributed by atoms with Gasteiger partial charge < -0.3 is 79.5 Å². The van der Waals surface area contributed by atoms with Crippen molar-refractivity contribution in [2.45, 2.75) is 67.5 Å². The van der Waals surface area contributed by atoms with Gasteiger partial charge in [-0.1, -0.05) is 0 Å². The summed E-state index contributed by atoms with van der Waals surface area (Å²) in [6.07, 6.45) is -14.1. The zero-order valence-electron chi connectivity index (χ0n) is 23.2. The number of fused-ring (bicyclic) bond motifs is 1. The van der Waals surface area contributed by atoms with E-state index >= 15 is 0 Å². The molecule has 0 radical (unpaired) electrons. The lowest BCUT2D eigenvalue weighted by atomic mass is 9.96. The molecule has 3 heterocycles. The molecule has 2 saturated heterocycles. The number of rotatable bonds is 8. The maximum atomic E-state index is 11.0. The van der Waals surface area contributed by atoms with Crippen LogP contribution in [0, 0.1) is 0 Å². The van der Waals surface area contributed by atoms with Crippen molar-refractivity contribution < 1.29 is 79.5 Å². The standard InChI is InChI=1S/C28H34O16/c1-39-16-4-10(2-3-13(16)32)25-17(7-12-14(33)5-11(31)6-15(12)40-25)41-28-26(23(37)21(35)19(9-30)43-28)44-27-24(38)22(36)20(34)18(8-29)42-27/h2-7,15,18-24,26-38H,8-9H2,1H3. The van der Waals surface area contributed by atoms with Gasteiger partial charge in [0, 0.05) is 23.3 Å². The van der Waals surface area contributed by atoms with Gasteiger partial charge in [-0.3, -0.25) is 0 Å². The van der Waals surface area contributed by atoms with E-state index in [2.05, 4.69) is 0 Å². The molecule has 1 aromatic carbocycles. The highest BCUT2D eigenvalue weighted by Gasteiger charge is 2.51. The van der Waals surface area contributed by atoms with E-state index in [1.165, 1.54) is 37.5 Å². The van der Waals surface area contributed by atoms with Crippen molar-refractivity contribution in [3.05, 3.63) is 64.8 Å². The maximum Gasteiger partial charge on any atom is 0.229 e. The number of methoxy groups -OCH3 is 1. The van der Waals surface area contributed by atoms with Crippen LogP contribution < -0.4 is 4.74 Å². The zero-order chi connectivity index (χ0) is 31.9. The number of aliphatic hydroxyl groups is 9. The number of allylic oxidation sites excluding steroid dienone is 2. The quantitative estimate of drug-likeness (QED) is 0.149. The van der Waals surface area contributed by atoms with Gasteiger partial charge in [0.15, 0.2) is 35.4 Å². The minimum absolute atomic E-state index is 0.0212. The predicted octanol–water partition coefficient (Wildman–Crippen LogP) is -2.07. The van der Waals surface area contributed by atoms with Crippen molar-refractivity contribution in [2.75, 3.05) is 20.3 Å². The molecule has 16 heteroatoms. The van der Waals surface area contributed by atoms with E-state index in [0.717, 1.165) is 6.08 Å². The summed E-state index contributed by atoms with van der Waals surface area (Å²) < 4.78 is 34.2. The lowest BCUT2D eigenvalue weighted by Crippen LogP contribution is -2.64. The topological polar surface area (TPSA) is 258 Å². The van der Waals surface area contributed by atoms with Crippen molar-refractivity contribution in [3.63, 3.8) is 0 Å². The number of ether oxygens (including phenoxy) is 6. The molecule has 4 aliphatic rings. The Hall–Kier alpha value is -3.42. The summed E-state index contributed by atoms with van der Waals surface area (Å²) in [5, 5.41) is 102. The molecule has 16 nitrogen and oxygen atoms in total. The van der Waals surface area contributed by atoms with Crippen LogP contribution in [-0.4, -0.2) is 139 Å². The fourth-order valence-electron chi connectivity index (χ4n) is 5.18. The van der Waals surface area contributed by atoms with Gasteiger partial charge >= 0.3 is 0 Å². The molecule has 1 aromatic rings. The first-order valence-electron chi connectivity index (χ1n) is 13.5. The summed E-state index contributed by atoms with van der Waals surface area (Å²) in [5.74, 6) is -0.926. The lowest BCUT2D eigenvalue weighted by molar-refractivity contribution is -0.363. The lowest BCUT2D eigenvalue weighted by Gasteiger charge is -2.46. The Balaban J connectivity index is 1.54. The second-order valence-corrected chi connectivity index (χ2v) is 10.5. The number of phenols is 1. The third-order valence-electron chi connectivity index (χ3n) is 7.61. The fourth-order valence-corrected chi connectivity index (χ4v) is 5.18. The first kappa shape index (κ1) is 32.0. The van der Waals surface area contributed by atoms with Crippen LogP contribution in [0.25, 0.3) is 5.76 Å². The molecule has 5 rings (SSSR count). The van der Waals surface area contributed by atoms with Gasteiger partial charge in [0.05, 0.1) is 20.3 Å². The monoisotopic (exact) mass is 626 g/mol. The smallest absolute Gasteiger partial charge is 0.229 e. The molecule has 11 unspecified atom stereocenters. The highest BCUT2D eigenvalue weighted by molar-refractivity contribution is 5.70. The van der Waals surface area contributed by atoms with Crippen LogP contribution >= 0.6 is 0 Å². The number of aromatic hydroxyl groups is 1. The average molecular weight is 627 g/mol. The van der Waals surface area contributed by atoms with Crippen LogP contribution in [0.1, 0.15) is 5.56 Å². The SMILES string of the molecule is COc1cc(C2=C(OC3OC(CO)C(O)C(O)C3OC3OC(CO)C(O)C(O)C3O)C=C3C(O)=CC(O)=CC3O2)ccc1O. The van der Waals surface area contributed by atoms with Gasteiger partial charge in [0.2, 0.25) is 6.29 Å². The van der Waals surface area contributed by atoms with E-state index in [1.807, 2.05) is 0 Å². The highest BCUT2D eigenvalue weighted by Crippen LogP contribution is 2.40. The Morgan fingerprint density at radius 2 is 1.45 bits per heavy atom. The van der Waals surface area contributed by atoms with Crippen LogP contribution in [0.2, 0.25) is 0 Å². The van der Waals surface area contributed by atoms with E-state index in [1.54, 1.807) is 0 Å². The number of hydrogen-bond donors (Lipinski definition) is 10.